The van der Waals surface area contributed by atoms with E-state index in [4.69, 9.17) is 37.5 Å². The van der Waals surface area contributed by atoms with Crippen molar-refractivity contribution in [3.63, 3.8) is 0 Å². The van der Waals surface area contributed by atoms with Crippen molar-refractivity contribution in [2.24, 2.45) is 0 Å². The smallest absolute Gasteiger partial charge is 0.319 e. The van der Waals surface area contributed by atoms with E-state index in [0.29, 0.717) is 18.5 Å². The van der Waals surface area contributed by atoms with E-state index in [1.165, 1.54) is 12.3 Å². The normalized spacial score (nSPS) is 21.9. The zero-order chi connectivity index (χ0) is 37.3. The molecule has 2 saturated heterocycles. The molecule has 17 heteroatoms. The minimum atomic E-state index is -2.75. The van der Waals surface area contributed by atoms with Gasteiger partial charge < -0.3 is 25.8 Å². The Hall–Kier alpha value is -4.72. The van der Waals surface area contributed by atoms with Gasteiger partial charge in [-0.05, 0) is 42.6 Å². The number of hydrogen-bond acceptors (Lipinski definition) is 11. The van der Waals surface area contributed by atoms with E-state index in [0.717, 1.165) is 23.8 Å². The van der Waals surface area contributed by atoms with E-state index in [2.05, 4.69) is 9.97 Å². The van der Waals surface area contributed by atoms with Crippen molar-refractivity contribution in [1.82, 2.24) is 19.9 Å². The van der Waals surface area contributed by atoms with Gasteiger partial charge in [-0.15, -0.1) is 11.3 Å². The van der Waals surface area contributed by atoms with Gasteiger partial charge >= 0.3 is 6.01 Å². The second kappa shape index (κ2) is 13.3. The molecule has 0 amide bonds. The van der Waals surface area contributed by atoms with Crippen molar-refractivity contribution in [2.75, 3.05) is 49.7 Å². The zero-order valence-corrected chi connectivity index (χ0v) is 29.8. The van der Waals surface area contributed by atoms with Crippen LogP contribution in [0.3, 0.4) is 0 Å². The highest BCUT2D eigenvalue weighted by atomic mass is 35.5. The number of benzene rings is 2. The molecule has 0 aliphatic carbocycles. The number of nitriles is 1. The molecule has 1 unspecified atom stereocenters. The monoisotopic (exact) mass is 770 g/mol. The molecular formula is C36H32ClF5N8O2S. The van der Waals surface area contributed by atoms with E-state index < -0.39 is 48.2 Å². The minimum Gasteiger partial charge on any atom is -0.489 e. The molecule has 4 atom stereocenters. The fourth-order valence-corrected chi connectivity index (χ4v) is 9.62. The summed E-state index contributed by atoms with van der Waals surface area (Å²) in [5.74, 6) is -2.49. The summed E-state index contributed by atoms with van der Waals surface area (Å²) < 4.78 is 88.2. The standard InChI is InChI=1S/C36H32ClF5N8O2S/c1-49-22(19(10-23(40)41)17-4-2-8-46-32(17)44)14-51-30-26-29(47-35(48-34(26)49)52-15-36-7-3-9-50(36)13-16(38)11-36)28(42)25(27(30)37)18-5-6-21(39)31-24(18)20(12-43)33(45)53-31/h2,4-6,8,16,19,22-23H,3,7,9-11,13-15,45H2,1H3,(H2,44,46)/t16-,19-,22?,36+/m1/s1. The molecule has 3 aromatic heterocycles. The molecule has 53 heavy (non-hydrogen) atoms. The van der Waals surface area contributed by atoms with Crippen LogP contribution in [0.1, 0.15) is 42.7 Å². The molecule has 3 aliphatic heterocycles. The third-order valence-corrected chi connectivity index (χ3v) is 12.2. The Morgan fingerprint density at radius 2 is 2.02 bits per heavy atom. The molecule has 0 spiro atoms. The summed E-state index contributed by atoms with van der Waals surface area (Å²) >= 11 is 7.89. The first-order valence-electron chi connectivity index (χ1n) is 16.9. The largest absolute Gasteiger partial charge is 0.489 e. The highest BCUT2D eigenvalue weighted by Crippen LogP contribution is 2.52. The average Bonchev–Trinajstić information content (AvgIpc) is 3.74. The molecule has 4 N–H and O–H groups in total. The average molecular weight is 771 g/mol. The van der Waals surface area contributed by atoms with E-state index >= 15 is 8.78 Å². The summed E-state index contributed by atoms with van der Waals surface area (Å²) in [6.45, 7) is 0.775. The number of likely N-dealkylation sites (N-methyl/N-ethyl adjacent to an activating group) is 1. The number of fused-ring (bicyclic) bond motifs is 2. The van der Waals surface area contributed by atoms with Gasteiger partial charge in [-0.2, -0.15) is 15.2 Å². The molecule has 8 rings (SSSR count). The zero-order valence-electron chi connectivity index (χ0n) is 28.2. The van der Waals surface area contributed by atoms with Crippen LogP contribution in [-0.2, 0) is 0 Å². The topological polar surface area (TPSA) is 139 Å². The Morgan fingerprint density at radius 3 is 2.77 bits per heavy atom. The third-order valence-electron chi connectivity index (χ3n) is 10.8. The van der Waals surface area contributed by atoms with Gasteiger partial charge in [-0.3, -0.25) is 4.90 Å². The fraction of sp³-hybridized carbons (Fsp3) is 0.389. The number of pyridine rings is 1. The number of anilines is 3. The first kappa shape index (κ1) is 35.3. The van der Waals surface area contributed by atoms with Crippen molar-refractivity contribution in [3.8, 4) is 29.0 Å². The molecule has 10 nitrogen and oxygen atoms in total. The summed E-state index contributed by atoms with van der Waals surface area (Å²) in [6.07, 6.45) is -1.14. The number of thiophene rings is 1. The van der Waals surface area contributed by atoms with Gasteiger partial charge in [-0.1, -0.05) is 23.7 Å². The highest BCUT2D eigenvalue weighted by Gasteiger charge is 2.49. The second-order valence-corrected chi connectivity index (χ2v) is 15.1. The van der Waals surface area contributed by atoms with Gasteiger partial charge in [0.25, 0.3) is 0 Å². The van der Waals surface area contributed by atoms with Crippen LogP contribution in [0.5, 0.6) is 11.8 Å². The first-order valence-corrected chi connectivity index (χ1v) is 18.1. The quantitative estimate of drug-likeness (QED) is 0.153. The summed E-state index contributed by atoms with van der Waals surface area (Å²) in [5.41, 5.74) is 11.5. The first-order chi connectivity index (χ1) is 25.4. The van der Waals surface area contributed by atoms with Crippen LogP contribution in [-0.4, -0.2) is 77.4 Å². The number of ether oxygens (including phenoxy) is 2. The van der Waals surface area contributed by atoms with E-state index in [1.807, 2.05) is 11.0 Å². The second-order valence-electron chi connectivity index (χ2n) is 13.7. The summed E-state index contributed by atoms with van der Waals surface area (Å²) in [7, 11) is 1.61. The van der Waals surface area contributed by atoms with Crippen molar-refractivity contribution in [3.05, 3.63) is 58.2 Å². The van der Waals surface area contributed by atoms with E-state index in [-0.39, 0.29) is 97.3 Å². The van der Waals surface area contributed by atoms with Crippen molar-refractivity contribution >= 4 is 60.6 Å². The molecule has 0 radical (unpaired) electrons. The van der Waals surface area contributed by atoms with Crippen molar-refractivity contribution in [1.29, 1.82) is 5.26 Å². The molecule has 0 bridgehead atoms. The Morgan fingerprint density at radius 1 is 1.21 bits per heavy atom. The van der Waals surface area contributed by atoms with Gasteiger partial charge in [0.05, 0.1) is 32.3 Å². The maximum Gasteiger partial charge on any atom is 0.319 e. The Balaban J connectivity index is 1.34. The molecule has 2 fully saturated rings. The van der Waals surface area contributed by atoms with Crippen LogP contribution in [0.25, 0.3) is 32.1 Å². The van der Waals surface area contributed by atoms with Crippen molar-refractivity contribution < 1.29 is 31.4 Å². The predicted octanol–water partition coefficient (Wildman–Crippen LogP) is 7.47. The number of rotatable bonds is 8. The number of halogens is 6. The maximum atomic E-state index is 17.3. The van der Waals surface area contributed by atoms with Gasteiger partial charge in [0.2, 0.25) is 6.43 Å². The van der Waals surface area contributed by atoms with Crippen LogP contribution >= 0.6 is 22.9 Å². The highest BCUT2D eigenvalue weighted by molar-refractivity contribution is 7.23. The van der Waals surface area contributed by atoms with Crippen LogP contribution in [0, 0.1) is 23.0 Å². The number of aromatic nitrogens is 3. The van der Waals surface area contributed by atoms with Gasteiger partial charge in [-0.25, -0.2) is 26.9 Å². The third kappa shape index (κ3) is 5.71. The number of nitrogen functional groups attached to an aromatic ring is 2. The lowest BCUT2D eigenvalue weighted by atomic mass is 9.88. The molecule has 6 heterocycles. The number of alkyl halides is 3. The lowest BCUT2D eigenvalue weighted by molar-refractivity contribution is 0.107. The maximum absolute atomic E-state index is 17.3. The van der Waals surface area contributed by atoms with Crippen molar-refractivity contribution in [2.45, 2.75) is 55.8 Å². The Kier molecular flexibility index (Phi) is 8.86. The summed E-state index contributed by atoms with van der Waals surface area (Å²) in [5, 5.41) is 9.87. The molecule has 276 valence electrons. The molecular weight excluding hydrogens is 739 g/mol. The number of hydrogen-bond donors (Lipinski definition) is 2. The molecule has 2 aromatic carbocycles. The number of nitrogens with zero attached hydrogens (tertiary/aromatic N) is 6. The number of nitrogens with two attached hydrogens (primary N) is 2. The molecule has 5 aromatic rings. The van der Waals surface area contributed by atoms with Gasteiger partial charge in [0.15, 0.2) is 11.6 Å². The van der Waals surface area contributed by atoms with Gasteiger partial charge in [0, 0.05) is 49.5 Å². The van der Waals surface area contributed by atoms with Gasteiger partial charge in [0.1, 0.15) is 53.4 Å². The lowest BCUT2D eigenvalue weighted by Gasteiger charge is -2.34. The molecule has 3 aliphatic rings. The lowest BCUT2D eigenvalue weighted by Crippen LogP contribution is -2.43. The van der Waals surface area contributed by atoms with E-state index in [9.17, 15) is 18.4 Å². The SMILES string of the molecule is CN1c2nc(OC[C@@]34CCCN3C[C@H](F)C4)nc3c(F)c(-c4ccc(F)c5sc(N)c(C#N)c45)c(Cl)c(c23)OCC1[C@H](CC(F)F)c1cccnc1N. The minimum absolute atomic E-state index is 0.0233. The van der Waals surface area contributed by atoms with Crippen LogP contribution in [0.2, 0.25) is 5.02 Å². The Bertz CT molecular complexity index is 2320. The predicted molar refractivity (Wildman–Crippen MR) is 193 cm³/mol. The van der Waals surface area contributed by atoms with E-state index in [1.54, 1.807) is 24.1 Å². The fourth-order valence-electron chi connectivity index (χ4n) is 8.33. The van der Waals surface area contributed by atoms with Crippen LogP contribution in [0.4, 0.5) is 38.6 Å². The summed E-state index contributed by atoms with van der Waals surface area (Å²) in [4.78, 5) is 17.0. The molecule has 0 saturated carbocycles. The van der Waals surface area contributed by atoms with Crippen LogP contribution < -0.4 is 25.8 Å². The van der Waals surface area contributed by atoms with Crippen LogP contribution in [0.15, 0.2) is 30.5 Å². The summed E-state index contributed by atoms with van der Waals surface area (Å²) in [6, 6.07) is 6.50. The Labute approximate surface area is 309 Å².